The summed E-state index contributed by atoms with van der Waals surface area (Å²) < 4.78 is 7.57. The average Bonchev–Trinajstić information content (AvgIpc) is 3.31. The molecule has 0 saturated carbocycles. The van der Waals surface area contributed by atoms with Crippen molar-refractivity contribution < 1.29 is 14.4 Å². The van der Waals surface area contributed by atoms with Crippen molar-refractivity contribution in [1.29, 1.82) is 0 Å². The Kier molecular flexibility index (Phi) is 4.86. The summed E-state index contributed by atoms with van der Waals surface area (Å²) in [7, 11) is 1.70. The van der Waals surface area contributed by atoms with Gasteiger partial charge in [-0.1, -0.05) is 30.3 Å². The number of methoxy groups -OCH3 is 1. The van der Waals surface area contributed by atoms with Crippen LogP contribution in [0.2, 0.25) is 0 Å². The van der Waals surface area contributed by atoms with E-state index in [1.807, 2.05) is 30.3 Å². The second-order valence-electron chi connectivity index (χ2n) is 7.32. The highest BCUT2D eigenvalue weighted by Gasteiger charge is 2.26. The van der Waals surface area contributed by atoms with Gasteiger partial charge in [0.1, 0.15) is 0 Å². The third-order valence-electron chi connectivity index (χ3n) is 5.55. The average molecular weight is 405 g/mol. The van der Waals surface area contributed by atoms with Gasteiger partial charge in [0.25, 0.3) is 0 Å². The number of hydrogen-bond acceptors (Lipinski definition) is 5. The molecule has 1 aliphatic heterocycles. The van der Waals surface area contributed by atoms with E-state index in [2.05, 4.69) is 38.3 Å². The van der Waals surface area contributed by atoms with E-state index in [9.17, 15) is 4.79 Å². The third kappa shape index (κ3) is 3.30. The van der Waals surface area contributed by atoms with E-state index >= 15 is 0 Å². The number of amides is 1. The van der Waals surface area contributed by atoms with Crippen LogP contribution in [0, 0.1) is 0 Å². The van der Waals surface area contributed by atoms with Crippen molar-refractivity contribution in [3.63, 3.8) is 0 Å². The normalized spacial score (nSPS) is 14.2. The van der Waals surface area contributed by atoms with Crippen molar-refractivity contribution in [3.8, 4) is 0 Å². The molecule has 0 saturated heterocycles. The summed E-state index contributed by atoms with van der Waals surface area (Å²) in [6.45, 7) is 2.55. The number of benzene rings is 2. The van der Waals surface area contributed by atoms with Crippen LogP contribution in [0.25, 0.3) is 21.8 Å². The predicted molar refractivity (Wildman–Crippen MR) is 114 cm³/mol. The molecule has 3 heterocycles. The third-order valence-corrected chi connectivity index (χ3v) is 5.55. The number of nitrogens with one attached hydrogen (secondary N) is 2. The number of fused-ring (bicyclic) bond motifs is 4. The van der Waals surface area contributed by atoms with Crippen LogP contribution in [-0.2, 0) is 29.1 Å². The van der Waals surface area contributed by atoms with Gasteiger partial charge in [-0.05, 0) is 30.2 Å². The lowest BCUT2D eigenvalue weighted by molar-refractivity contribution is -0.106. The number of carbonyl (C=O) groups is 1. The smallest absolute Gasteiger partial charge is 0.383 e. The van der Waals surface area contributed by atoms with Crippen LogP contribution in [0.1, 0.15) is 11.3 Å². The molecule has 2 N–H and O–H groups in total. The second-order valence-corrected chi connectivity index (χ2v) is 7.32. The number of aromatic nitrogens is 3. The van der Waals surface area contributed by atoms with Crippen molar-refractivity contribution >= 4 is 33.7 Å². The van der Waals surface area contributed by atoms with E-state index in [1.165, 1.54) is 16.5 Å². The molecule has 0 atom stereocenters. The maximum absolute atomic E-state index is 12.5. The molecule has 2 aromatic carbocycles. The summed E-state index contributed by atoms with van der Waals surface area (Å²) in [5.41, 5.74) is 4.53. The Labute approximate surface area is 173 Å². The molecule has 8 nitrogen and oxygen atoms in total. The predicted octanol–water partition coefficient (Wildman–Crippen LogP) is 3.69. The molecular weight excluding hydrogens is 382 g/mol. The Hall–Kier alpha value is -3.36. The lowest BCUT2D eigenvalue weighted by Crippen LogP contribution is -2.35. The number of nitrogens with zero attached hydrogens (tertiary/aromatic N) is 3. The monoisotopic (exact) mass is 405 g/mol. The molecule has 1 aliphatic rings. The van der Waals surface area contributed by atoms with Gasteiger partial charge >= 0.3 is 6.09 Å². The number of ether oxygens (including phenoxy) is 1. The molecule has 0 unspecified atom stereocenters. The molecule has 0 aliphatic carbocycles. The minimum atomic E-state index is -0.546. The first-order chi connectivity index (χ1) is 14.7. The topological polar surface area (TPSA) is 84.4 Å². The maximum atomic E-state index is 12.5. The highest BCUT2D eigenvalue weighted by Crippen LogP contribution is 2.31. The van der Waals surface area contributed by atoms with E-state index in [1.54, 1.807) is 12.2 Å². The van der Waals surface area contributed by atoms with E-state index < -0.39 is 6.09 Å². The van der Waals surface area contributed by atoms with Crippen LogP contribution in [0.3, 0.4) is 0 Å². The molecule has 0 fully saturated rings. The number of rotatable bonds is 5. The van der Waals surface area contributed by atoms with Gasteiger partial charge < -0.3 is 14.1 Å². The minimum Gasteiger partial charge on any atom is -0.383 e. The Bertz CT molecular complexity index is 1210. The van der Waals surface area contributed by atoms with Gasteiger partial charge in [-0.25, -0.2) is 4.79 Å². The van der Waals surface area contributed by atoms with Crippen LogP contribution in [-0.4, -0.2) is 46.2 Å². The Morgan fingerprint density at radius 2 is 1.97 bits per heavy atom. The number of anilines is 1. The molecule has 5 rings (SSSR count). The first-order valence-electron chi connectivity index (χ1n) is 9.99. The Morgan fingerprint density at radius 1 is 1.17 bits per heavy atom. The van der Waals surface area contributed by atoms with E-state index in [4.69, 9.17) is 9.57 Å². The van der Waals surface area contributed by atoms with Gasteiger partial charge in [0.2, 0.25) is 0 Å². The number of hydroxylamine groups is 2. The van der Waals surface area contributed by atoms with Crippen LogP contribution in [0.5, 0.6) is 0 Å². The summed E-state index contributed by atoms with van der Waals surface area (Å²) in [6.07, 6.45) is 0.268. The molecule has 4 aromatic rings. The summed E-state index contributed by atoms with van der Waals surface area (Å²) in [6, 6.07) is 16.0. The lowest BCUT2D eigenvalue weighted by Gasteiger charge is -2.26. The number of hydrogen-bond donors (Lipinski definition) is 2. The van der Waals surface area contributed by atoms with Crippen molar-refractivity contribution in [1.82, 2.24) is 19.8 Å². The SMILES string of the molecule is COCCn1c2c(c3ccccc31)CCN(OC(=O)Nc1n[nH]c3ccccc13)C2. The van der Waals surface area contributed by atoms with Gasteiger partial charge in [0, 0.05) is 42.2 Å². The van der Waals surface area contributed by atoms with Gasteiger partial charge in [-0.3, -0.25) is 10.4 Å². The van der Waals surface area contributed by atoms with E-state index in [0.717, 1.165) is 29.6 Å². The zero-order valence-electron chi connectivity index (χ0n) is 16.7. The van der Waals surface area contributed by atoms with Gasteiger partial charge in [-0.2, -0.15) is 5.10 Å². The largest absolute Gasteiger partial charge is 0.432 e. The van der Waals surface area contributed by atoms with Crippen molar-refractivity contribution in [2.24, 2.45) is 0 Å². The van der Waals surface area contributed by atoms with Gasteiger partial charge in [-0.15, -0.1) is 5.06 Å². The molecule has 1 amide bonds. The van der Waals surface area contributed by atoms with Gasteiger partial charge in [0.15, 0.2) is 5.82 Å². The molecule has 30 heavy (non-hydrogen) atoms. The van der Waals surface area contributed by atoms with E-state index in [0.29, 0.717) is 25.5 Å². The van der Waals surface area contributed by atoms with E-state index in [-0.39, 0.29) is 0 Å². The number of carbonyl (C=O) groups excluding carboxylic acids is 1. The Balaban J connectivity index is 1.34. The second kappa shape index (κ2) is 7.81. The number of H-pyrrole nitrogens is 1. The number of para-hydroxylation sites is 2. The molecule has 154 valence electrons. The number of aromatic amines is 1. The zero-order chi connectivity index (χ0) is 20.5. The minimum absolute atomic E-state index is 0.461. The highest BCUT2D eigenvalue weighted by molar-refractivity contribution is 5.96. The quantitative estimate of drug-likeness (QED) is 0.529. The molecule has 0 bridgehead atoms. The van der Waals surface area contributed by atoms with Crippen molar-refractivity contribution in [3.05, 3.63) is 59.8 Å². The van der Waals surface area contributed by atoms with Crippen molar-refractivity contribution in [2.75, 3.05) is 25.6 Å². The summed E-state index contributed by atoms with van der Waals surface area (Å²) in [4.78, 5) is 18.1. The molecule has 0 radical (unpaired) electrons. The molecular formula is C22H23N5O3. The fourth-order valence-corrected chi connectivity index (χ4v) is 4.18. The Morgan fingerprint density at radius 3 is 2.83 bits per heavy atom. The zero-order valence-corrected chi connectivity index (χ0v) is 16.7. The van der Waals surface area contributed by atoms with Crippen molar-refractivity contribution in [2.45, 2.75) is 19.5 Å². The fraction of sp³-hybridized carbons (Fsp3) is 0.273. The molecule has 0 spiro atoms. The summed E-state index contributed by atoms with van der Waals surface area (Å²) in [5, 5.41) is 13.6. The maximum Gasteiger partial charge on any atom is 0.432 e. The van der Waals surface area contributed by atoms with Crippen LogP contribution < -0.4 is 5.32 Å². The highest BCUT2D eigenvalue weighted by atomic mass is 16.7. The lowest BCUT2D eigenvalue weighted by atomic mass is 10.0. The van der Waals surface area contributed by atoms with Crippen LogP contribution in [0.4, 0.5) is 10.6 Å². The first kappa shape index (κ1) is 18.7. The standard InChI is InChI=1S/C22H23N5O3/c1-29-13-12-27-19-9-5-3-6-15(19)16-10-11-26(14-20(16)27)30-22(28)23-21-17-7-2-4-8-18(17)24-25-21/h2-9H,10-14H2,1H3,(H2,23,24,25,28). The first-order valence-corrected chi connectivity index (χ1v) is 9.99. The van der Waals surface area contributed by atoms with Crippen LogP contribution >= 0.6 is 0 Å². The fourth-order valence-electron chi connectivity index (χ4n) is 4.18. The summed E-state index contributed by atoms with van der Waals surface area (Å²) >= 11 is 0. The molecule has 8 heteroatoms. The van der Waals surface area contributed by atoms with Gasteiger partial charge in [0.05, 0.1) is 18.7 Å². The molecule has 2 aromatic heterocycles. The summed E-state index contributed by atoms with van der Waals surface area (Å²) in [5.74, 6) is 0.461. The van der Waals surface area contributed by atoms with Crippen LogP contribution in [0.15, 0.2) is 48.5 Å².